The first kappa shape index (κ1) is 15.2. The minimum absolute atomic E-state index is 0.545. The maximum absolute atomic E-state index is 5.22. The van der Waals surface area contributed by atoms with E-state index in [0.29, 0.717) is 11.8 Å². The van der Waals surface area contributed by atoms with Gasteiger partial charge in [0, 0.05) is 20.3 Å². The fourth-order valence-electron chi connectivity index (χ4n) is 2.12. The lowest BCUT2D eigenvalue weighted by Gasteiger charge is -2.19. The lowest BCUT2D eigenvalue weighted by Crippen LogP contribution is -2.26. The smallest absolute Gasteiger partial charge is 0.0468 e. The molecule has 1 rings (SSSR count). The first-order valence-electron chi connectivity index (χ1n) is 6.89. The predicted molar refractivity (Wildman–Crippen MR) is 78.1 cm³/mol. The van der Waals surface area contributed by atoms with Gasteiger partial charge in [0.15, 0.2) is 0 Å². The molecule has 0 aliphatic rings. The van der Waals surface area contributed by atoms with Crippen molar-refractivity contribution < 1.29 is 4.74 Å². The quantitative estimate of drug-likeness (QED) is 0.763. The maximum atomic E-state index is 5.22. The summed E-state index contributed by atoms with van der Waals surface area (Å²) in [7, 11) is 1.77. The summed E-state index contributed by atoms with van der Waals surface area (Å²) in [5.41, 5.74) is 2.75. The summed E-state index contributed by atoms with van der Waals surface area (Å²) in [6.45, 7) is 9.56. The number of rotatable bonds is 8. The molecule has 0 radical (unpaired) electrons. The van der Waals surface area contributed by atoms with Crippen molar-refractivity contribution in [2.75, 3.05) is 26.8 Å². The number of aryl methyl sites for hydroxylation is 1. The molecular weight excluding hydrogens is 222 g/mol. The molecule has 0 amide bonds. The monoisotopic (exact) mass is 249 g/mol. The molecule has 0 aliphatic heterocycles. The van der Waals surface area contributed by atoms with Crippen LogP contribution in [0.15, 0.2) is 24.3 Å². The molecule has 0 saturated heterocycles. The minimum Gasteiger partial charge on any atom is -0.385 e. The molecule has 18 heavy (non-hydrogen) atoms. The highest BCUT2D eigenvalue weighted by Gasteiger charge is 2.11. The number of benzene rings is 1. The zero-order valence-electron chi connectivity index (χ0n) is 12.2. The van der Waals surface area contributed by atoms with Crippen LogP contribution < -0.4 is 5.32 Å². The van der Waals surface area contributed by atoms with Crippen molar-refractivity contribution >= 4 is 0 Å². The molecule has 102 valence electrons. The summed E-state index contributed by atoms with van der Waals surface area (Å²) in [6, 6.07) is 8.81. The van der Waals surface area contributed by atoms with Crippen LogP contribution in [0.1, 0.15) is 37.3 Å². The van der Waals surface area contributed by atoms with Gasteiger partial charge in [-0.15, -0.1) is 0 Å². The lowest BCUT2D eigenvalue weighted by molar-refractivity contribution is 0.187. The van der Waals surface area contributed by atoms with Crippen molar-refractivity contribution in [2.24, 2.45) is 5.92 Å². The van der Waals surface area contributed by atoms with Gasteiger partial charge >= 0.3 is 0 Å². The molecular formula is C16H27NO. The van der Waals surface area contributed by atoms with Crippen molar-refractivity contribution in [3.8, 4) is 0 Å². The zero-order valence-corrected chi connectivity index (χ0v) is 12.2. The number of ether oxygens (including phenoxy) is 1. The van der Waals surface area contributed by atoms with Crippen LogP contribution in [-0.4, -0.2) is 26.8 Å². The largest absolute Gasteiger partial charge is 0.385 e. The van der Waals surface area contributed by atoms with Crippen LogP contribution >= 0.6 is 0 Å². The summed E-state index contributed by atoms with van der Waals surface area (Å²) in [4.78, 5) is 0. The van der Waals surface area contributed by atoms with Gasteiger partial charge in [0.05, 0.1) is 0 Å². The molecule has 0 heterocycles. The molecule has 1 aromatic carbocycles. The van der Waals surface area contributed by atoms with E-state index in [1.165, 1.54) is 11.1 Å². The number of nitrogens with one attached hydrogen (secondary N) is 1. The van der Waals surface area contributed by atoms with Crippen LogP contribution in [0, 0.1) is 12.8 Å². The van der Waals surface area contributed by atoms with Gasteiger partial charge in [-0.3, -0.25) is 0 Å². The van der Waals surface area contributed by atoms with Crippen LogP contribution in [0.3, 0.4) is 0 Å². The first-order chi connectivity index (χ1) is 8.63. The molecule has 1 aromatic rings. The molecule has 1 N–H and O–H groups in total. The fourth-order valence-corrected chi connectivity index (χ4v) is 2.12. The molecule has 0 saturated carbocycles. The van der Waals surface area contributed by atoms with Crippen molar-refractivity contribution in [3.05, 3.63) is 35.4 Å². The van der Waals surface area contributed by atoms with Gasteiger partial charge in [0.2, 0.25) is 0 Å². The molecule has 0 spiro atoms. The highest BCUT2D eigenvalue weighted by atomic mass is 16.5. The Hall–Kier alpha value is -0.860. The number of hydrogen-bond donors (Lipinski definition) is 1. The predicted octanol–water partition coefficient (Wildman–Crippen LogP) is 3.36. The molecule has 0 aromatic heterocycles. The Labute approximate surface area is 112 Å². The molecule has 2 heteroatoms. The normalized spacial score (nSPS) is 12.9. The Balaban J connectivity index is 2.59. The lowest BCUT2D eigenvalue weighted by atomic mass is 9.94. The van der Waals surface area contributed by atoms with Crippen LogP contribution in [0.4, 0.5) is 0 Å². The molecule has 0 aliphatic carbocycles. The second-order valence-corrected chi connectivity index (χ2v) is 5.44. The standard InChI is InChI=1S/C16H27NO/c1-13(2)11-17-12-16(8-9-18-4)15-7-5-6-14(3)10-15/h5-7,10,13,16-17H,8-9,11-12H2,1-4H3. The Morgan fingerprint density at radius 1 is 1.22 bits per heavy atom. The van der Waals surface area contributed by atoms with Crippen LogP contribution in [0.25, 0.3) is 0 Å². The molecule has 1 atom stereocenters. The van der Waals surface area contributed by atoms with Gasteiger partial charge in [-0.1, -0.05) is 43.7 Å². The van der Waals surface area contributed by atoms with E-state index in [2.05, 4.69) is 50.4 Å². The number of hydrogen-bond acceptors (Lipinski definition) is 2. The third-order valence-electron chi connectivity index (χ3n) is 3.13. The van der Waals surface area contributed by atoms with E-state index < -0.39 is 0 Å². The maximum Gasteiger partial charge on any atom is 0.0468 e. The third-order valence-corrected chi connectivity index (χ3v) is 3.13. The van der Waals surface area contributed by atoms with Crippen LogP contribution in [0.5, 0.6) is 0 Å². The molecule has 0 fully saturated rings. The third kappa shape index (κ3) is 5.65. The fraction of sp³-hybridized carbons (Fsp3) is 0.625. The van der Waals surface area contributed by atoms with Crippen molar-refractivity contribution in [1.82, 2.24) is 5.32 Å². The minimum atomic E-state index is 0.545. The molecule has 2 nitrogen and oxygen atoms in total. The highest BCUT2D eigenvalue weighted by Crippen LogP contribution is 2.20. The zero-order chi connectivity index (χ0) is 13.4. The van der Waals surface area contributed by atoms with Crippen molar-refractivity contribution in [3.63, 3.8) is 0 Å². The Morgan fingerprint density at radius 2 is 2.00 bits per heavy atom. The van der Waals surface area contributed by atoms with Crippen LogP contribution in [0.2, 0.25) is 0 Å². The average molecular weight is 249 g/mol. The van der Waals surface area contributed by atoms with Gasteiger partial charge in [-0.2, -0.15) is 0 Å². The first-order valence-corrected chi connectivity index (χ1v) is 6.89. The Bertz CT molecular complexity index is 336. The van der Waals surface area contributed by atoms with Crippen molar-refractivity contribution in [1.29, 1.82) is 0 Å². The van der Waals surface area contributed by atoms with Gasteiger partial charge in [-0.05, 0) is 37.3 Å². The van der Waals surface area contributed by atoms with E-state index in [9.17, 15) is 0 Å². The topological polar surface area (TPSA) is 21.3 Å². The molecule has 0 bridgehead atoms. The number of methoxy groups -OCH3 is 1. The summed E-state index contributed by atoms with van der Waals surface area (Å²) in [5.74, 6) is 1.24. The Morgan fingerprint density at radius 3 is 2.61 bits per heavy atom. The second kappa shape index (κ2) is 8.28. The highest BCUT2D eigenvalue weighted by molar-refractivity contribution is 5.25. The van der Waals surface area contributed by atoms with E-state index in [-0.39, 0.29) is 0 Å². The summed E-state index contributed by atoms with van der Waals surface area (Å²) in [5, 5.41) is 3.56. The summed E-state index contributed by atoms with van der Waals surface area (Å²) >= 11 is 0. The van der Waals surface area contributed by atoms with E-state index in [4.69, 9.17) is 4.74 Å². The Kier molecular flexibility index (Phi) is 6.99. The van der Waals surface area contributed by atoms with Crippen molar-refractivity contribution in [2.45, 2.75) is 33.1 Å². The SMILES string of the molecule is COCCC(CNCC(C)C)c1cccc(C)c1. The van der Waals surface area contributed by atoms with E-state index >= 15 is 0 Å². The average Bonchev–Trinajstić information content (AvgIpc) is 2.33. The molecule has 1 unspecified atom stereocenters. The van der Waals surface area contributed by atoms with E-state index in [1.807, 2.05) is 0 Å². The van der Waals surface area contributed by atoms with E-state index in [1.54, 1.807) is 7.11 Å². The van der Waals surface area contributed by atoms with Gasteiger partial charge < -0.3 is 10.1 Å². The summed E-state index contributed by atoms with van der Waals surface area (Å²) < 4.78 is 5.22. The van der Waals surface area contributed by atoms with Crippen LogP contribution in [-0.2, 0) is 4.74 Å². The van der Waals surface area contributed by atoms with Gasteiger partial charge in [0.25, 0.3) is 0 Å². The second-order valence-electron chi connectivity index (χ2n) is 5.44. The summed E-state index contributed by atoms with van der Waals surface area (Å²) in [6.07, 6.45) is 1.07. The van der Waals surface area contributed by atoms with E-state index in [0.717, 1.165) is 26.1 Å². The van der Waals surface area contributed by atoms with Gasteiger partial charge in [-0.25, -0.2) is 0 Å². The van der Waals surface area contributed by atoms with Gasteiger partial charge in [0.1, 0.15) is 0 Å².